The number of hydrogen-bond donors (Lipinski definition) is 2. The van der Waals surface area contributed by atoms with Gasteiger partial charge in [0.1, 0.15) is 0 Å². The van der Waals surface area contributed by atoms with Crippen LogP contribution >= 0.6 is 0 Å². The molecule has 2 N–H and O–H groups in total. The van der Waals surface area contributed by atoms with Crippen LogP contribution in [0.3, 0.4) is 0 Å². The van der Waals surface area contributed by atoms with Crippen LogP contribution in [0.1, 0.15) is 6.42 Å². The molecule has 2 rings (SSSR count). The molecular weight excluding hydrogens is 114 g/mol. The van der Waals surface area contributed by atoms with Crippen LogP contribution in [-0.2, 0) is 0 Å². The fourth-order valence-corrected chi connectivity index (χ4v) is 1.43. The molecule has 0 saturated carbocycles. The Labute approximate surface area is 54.5 Å². The first-order valence-electron chi connectivity index (χ1n) is 3.45. The second kappa shape index (κ2) is 1.99. The third-order valence-electron chi connectivity index (χ3n) is 2.00. The molecule has 2 atom stereocenters. The minimum absolute atomic E-state index is 0.561. The molecule has 1 saturated heterocycles. The van der Waals surface area contributed by atoms with E-state index in [0.29, 0.717) is 12.1 Å². The second-order valence-corrected chi connectivity index (χ2v) is 2.61. The van der Waals surface area contributed by atoms with Crippen molar-refractivity contribution in [2.45, 2.75) is 18.5 Å². The Morgan fingerprint density at radius 1 is 1.56 bits per heavy atom. The fourth-order valence-electron chi connectivity index (χ4n) is 1.43. The van der Waals surface area contributed by atoms with Gasteiger partial charge in [-0.2, -0.15) is 0 Å². The van der Waals surface area contributed by atoms with E-state index in [1.54, 1.807) is 0 Å². The Kier molecular flexibility index (Phi) is 1.16. The first kappa shape index (κ1) is 5.23. The SMILES string of the molecule is C1=NC2CCNCC2N1. The summed E-state index contributed by atoms with van der Waals surface area (Å²) in [6.45, 7) is 2.20. The van der Waals surface area contributed by atoms with Gasteiger partial charge in [0.25, 0.3) is 0 Å². The zero-order valence-electron chi connectivity index (χ0n) is 5.30. The fraction of sp³-hybridized carbons (Fsp3) is 0.833. The summed E-state index contributed by atoms with van der Waals surface area (Å²) in [5.41, 5.74) is 0. The molecule has 2 aliphatic heterocycles. The zero-order valence-corrected chi connectivity index (χ0v) is 5.30. The Morgan fingerprint density at radius 3 is 3.44 bits per heavy atom. The van der Waals surface area contributed by atoms with Crippen LogP contribution in [0.2, 0.25) is 0 Å². The second-order valence-electron chi connectivity index (χ2n) is 2.61. The zero-order chi connectivity index (χ0) is 6.10. The molecule has 1 fully saturated rings. The van der Waals surface area contributed by atoms with Crippen molar-refractivity contribution in [2.24, 2.45) is 4.99 Å². The number of piperidine rings is 1. The van der Waals surface area contributed by atoms with Crippen LogP contribution in [0.4, 0.5) is 0 Å². The van der Waals surface area contributed by atoms with E-state index < -0.39 is 0 Å². The van der Waals surface area contributed by atoms with E-state index in [1.165, 1.54) is 6.42 Å². The highest BCUT2D eigenvalue weighted by Crippen LogP contribution is 2.10. The van der Waals surface area contributed by atoms with Crippen LogP contribution in [0.25, 0.3) is 0 Å². The van der Waals surface area contributed by atoms with Crippen LogP contribution in [-0.4, -0.2) is 31.5 Å². The average molecular weight is 125 g/mol. The molecule has 0 bridgehead atoms. The van der Waals surface area contributed by atoms with Crippen molar-refractivity contribution in [1.82, 2.24) is 10.6 Å². The summed E-state index contributed by atoms with van der Waals surface area (Å²) < 4.78 is 0. The van der Waals surface area contributed by atoms with Crippen LogP contribution in [0.5, 0.6) is 0 Å². The molecule has 3 nitrogen and oxygen atoms in total. The van der Waals surface area contributed by atoms with Crippen molar-refractivity contribution in [2.75, 3.05) is 13.1 Å². The standard InChI is InChI=1S/C6H11N3/c1-2-7-3-6-5(1)8-4-9-6/h4-7H,1-3H2,(H,8,9). The van der Waals surface area contributed by atoms with Gasteiger partial charge in [0.2, 0.25) is 0 Å². The summed E-state index contributed by atoms with van der Waals surface area (Å²) >= 11 is 0. The molecule has 2 aliphatic rings. The lowest BCUT2D eigenvalue weighted by molar-refractivity contribution is 0.402. The van der Waals surface area contributed by atoms with E-state index in [1.807, 2.05) is 6.34 Å². The minimum atomic E-state index is 0.561. The largest absolute Gasteiger partial charge is 0.370 e. The number of fused-ring (bicyclic) bond motifs is 1. The highest BCUT2D eigenvalue weighted by atomic mass is 15.1. The maximum absolute atomic E-state index is 4.28. The van der Waals surface area contributed by atoms with Crippen LogP contribution in [0, 0.1) is 0 Å². The van der Waals surface area contributed by atoms with Gasteiger partial charge in [-0.25, -0.2) is 0 Å². The Hall–Kier alpha value is -0.570. The molecule has 0 radical (unpaired) electrons. The monoisotopic (exact) mass is 125 g/mol. The number of rotatable bonds is 0. The van der Waals surface area contributed by atoms with Gasteiger partial charge < -0.3 is 10.6 Å². The first-order chi connectivity index (χ1) is 4.47. The number of nitrogens with zero attached hydrogens (tertiary/aromatic N) is 1. The predicted octanol–water partition coefficient (Wildman–Crippen LogP) is -0.652. The molecule has 0 aromatic carbocycles. The number of hydrogen-bond acceptors (Lipinski definition) is 3. The molecule has 9 heavy (non-hydrogen) atoms. The Bertz CT molecular complexity index is 132. The first-order valence-corrected chi connectivity index (χ1v) is 3.45. The number of aliphatic imine (C=N–C) groups is 1. The Morgan fingerprint density at radius 2 is 2.56 bits per heavy atom. The normalized spacial score (nSPS) is 40.0. The van der Waals surface area contributed by atoms with Crippen molar-refractivity contribution >= 4 is 6.34 Å². The lowest BCUT2D eigenvalue weighted by Crippen LogP contribution is -2.46. The molecule has 3 heteroatoms. The van der Waals surface area contributed by atoms with Gasteiger partial charge in [0.05, 0.1) is 18.4 Å². The summed E-state index contributed by atoms with van der Waals surface area (Å²) in [7, 11) is 0. The van der Waals surface area contributed by atoms with Gasteiger partial charge in [-0.3, -0.25) is 4.99 Å². The van der Waals surface area contributed by atoms with Gasteiger partial charge in [0.15, 0.2) is 0 Å². The van der Waals surface area contributed by atoms with E-state index in [2.05, 4.69) is 15.6 Å². The summed E-state index contributed by atoms with van der Waals surface area (Å²) in [4.78, 5) is 4.28. The smallest absolute Gasteiger partial charge is 0.0831 e. The lowest BCUT2D eigenvalue weighted by atomic mass is 10.0. The Balaban J connectivity index is 2.03. The molecule has 50 valence electrons. The van der Waals surface area contributed by atoms with Crippen molar-refractivity contribution in [3.8, 4) is 0 Å². The van der Waals surface area contributed by atoms with Gasteiger partial charge in [-0.15, -0.1) is 0 Å². The molecule has 0 spiro atoms. The summed E-state index contributed by atoms with van der Waals surface area (Å²) in [6.07, 6.45) is 3.02. The summed E-state index contributed by atoms with van der Waals surface area (Å²) in [6, 6.07) is 1.14. The molecule has 2 unspecified atom stereocenters. The van der Waals surface area contributed by atoms with Crippen molar-refractivity contribution in [3.05, 3.63) is 0 Å². The van der Waals surface area contributed by atoms with E-state index in [0.717, 1.165) is 13.1 Å². The van der Waals surface area contributed by atoms with Crippen molar-refractivity contribution in [1.29, 1.82) is 0 Å². The topological polar surface area (TPSA) is 36.4 Å². The van der Waals surface area contributed by atoms with Crippen LogP contribution < -0.4 is 10.6 Å². The molecule has 0 aliphatic carbocycles. The number of nitrogens with one attached hydrogen (secondary N) is 2. The van der Waals surface area contributed by atoms with Gasteiger partial charge in [0, 0.05) is 6.54 Å². The van der Waals surface area contributed by atoms with E-state index in [4.69, 9.17) is 0 Å². The molecule has 0 amide bonds. The maximum atomic E-state index is 4.28. The third-order valence-corrected chi connectivity index (χ3v) is 2.00. The van der Waals surface area contributed by atoms with E-state index in [9.17, 15) is 0 Å². The minimum Gasteiger partial charge on any atom is -0.370 e. The quantitative estimate of drug-likeness (QED) is 0.451. The summed E-state index contributed by atoms with van der Waals surface area (Å²) in [5, 5.41) is 6.52. The van der Waals surface area contributed by atoms with E-state index >= 15 is 0 Å². The molecule has 0 aromatic heterocycles. The third kappa shape index (κ3) is 0.812. The molecule has 2 heterocycles. The van der Waals surface area contributed by atoms with Gasteiger partial charge >= 0.3 is 0 Å². The predicted molar refractivity (Wildman–Crippen MR) is 36.7 cm³/mol. The average Bonchev–Trinajstić information content (AvgIpc) is 2.33. The molecule has 0 aromatic rings. The highest BCUT2D eigenvalue weighted by molar-refractivity contribution is 5.58. The van der Waals surface area contributed by atoms with E-state index in [-0.39, 0.29) is 0 Å². The van der Waals surface area contributed by atoms with Crippen molar-refractivity contribution in [3.63, 3.8) is 0 Å². The van der Waals surface area contributed by atoms with Gasteiger partial charge in [-0.1, -0.05) is 0 Å². The maximum Gasteiger partial charge on any atom is 0.0831 e. The van der Waals surface area contributed by atoms with Crippen LogP contribution in [0.15, 0.2) is 4.99 Å². The van der Waals surface area contributed by atoms with Crippen molar-refractivity contribution < 1.29 is 0 Å². The lowest BCUT2D eigenvalue weighted by Gasteiger charge is -2.24. The van der Waals surface area contributed by atoms with Gasteiger partial charge in [-0.05, 0) is 13.0 Å². The summed E-state index contributed by atoms with van der Waals surface area (Å²) in [5.74, 6) is 0. The molecular formula is C6H11N3. The highest BCUT2D eigenvalue weighted by Gasteiger charge is 2.25.